The van der Waals surface area contributed by atoms with Crippen molar-refractivity contribution >= 4 is 5.91 Å². The van der Waals surface area contributed by atoms with Gasteiger partial charge in [0.25, 0.3) is 5.91 Å². The number of rotatable bonds is 4. The minimum Gasteiger partial charge on any atom is -0.333 e. The largest absolute Gasteiger partial charge is 0.333 e. The standard InChI is InChI=1S/C13H22N4O/c1-9(2)8-17(11-6-4-5-7-11)13(18)12-14-10(3)15-16-12/h9,11H,4-8H2,1-3H3,(H,14,15,16). The van der Waals surface area contributed by atoms with Crippen molar-refractivity contribution in [3.05, 3.63) is 11.6 Å². The van der Waals surface area contributed by atoms with Crippen molar-refractivity contribution in [2.24, 2.45) is 5.92 Å². The molecule has 1 aromatic heterocycles. The van der Waals surface area contributed by atoms with Gasteiger partial charge in [-0.25, -0.2) is 4.98 Å². The molecular formula is C13H22N4O. The minimum atomic E-state index is -0.0278. The van der Waals surface area contributed by atoms with Crippen LogP contribution in [0.4, 0.5) is 0 Å². The van der Waals surface area contributed by atoms with E-state index in [1.54, 1.807) is 0 Å². The molecule has 1 aliphatic rings. The number of carbonyl (C=O) groups is 1. The fourth-order valence-corrected chi connectivity index (χ4v) is 2.57. The lowest BCUT2D eigenvalue weighted by Gasteiger charge is -2.29. The molecule has 5 nitrogen and oxygen atoms in total. The highest BCUT2D eigenvalue weighted by Gasteiger charge is 2.29. The zero-order valence-corrected chi connectivity index (χ0v) is 11.4. The zero-order chi connectivity index (χ0) is 13.1. The lowest BCUT2D eigenvalue weighted by Crippen LogP contribution is -2.41. The summed E-state index contributed by atoms with van der Waals surface area (Å²) < 4.78 is 0. The maximum absolute atomic E-state index is 12.5. The van der Waals surface area contributed by atoms with Crippen LogP contribution in [0.25, 0.3) is 0 Å². The van der Waals surface area contributed by atoms with E-state index in [2.05, 4.69) is 29.0 Å². The molecule has 18 heavy (non-hydrogen) atoms. The van der Waals surface area contributed by atoms with Crippen LogP contribution in [-0.4, -0.2) is 38.6 Å². The molecule has 1 amide bonds. The number of carbonyl (C=O) groups excluding carboxylic acids is 1. The first-order chi connectivity index (χ1) is 8.58. The van der Waals surface area contributed by atoms with Gasteiger partial charge in [0, 0.05) is 12.6 Å². The van der Waals surface area contributed by atoms with Gasteiger partial charge in [-0.15, -0.1) is 5.10 Å². The van der Waals surface area contributed by atoms with Crippen LogP contribution >= 0.6 is 0 Å². The Balaban J connectivity index is 2.14. The molecule has 0 radical (unpaired) electrons. The van der Waals surface area contributed by atoms with Gasteiger partial charge in [-0.1, -0.05) is 26.7 Å². The Morgan fingerprint density at radius 2 is 2.11 bits per heavy atom. The highest BCUT2D eigenvalue weighted by atomic mass is 16.2. The average molecular weight is 250 g/mol. The Bertz CT molecular complexity index is 407. The number of aryl methyl sites for hydroxylation is 1. The molecule has 1 saturated carbocycles. The number of H-pyrrole nitrogens is 1. The third-order valence-electron chi connectivity index (χ3n) is 3.38. The van der Waals surface area contributed by atoms with Crippen molar-refractivity contribution in [1.29, 1.82) is 0 Å². The molecule has 100 valence electrons. The molecule has 0 aliphatic heterocycles. The summed E-state index contributed by atoms with van der Waals surface area (Å²) >= 11 is 0. The molecule has 1 N–H and O–H groups in total. The predicted molar refractivity (Wildman–Crippen MR) is 69.3 cm³/mol. The minimum absolute atomic E-state index is 0.0278. The third-order valence-corrected chi connectivity index (χ3v) is 3.38. The lowest BCUT2D eigenvalue weighted by atomic mass is 10.1. The second-order valence-corrected chi connectivity index (χ2v) is 5.53. The number of nitrogens with one attached hydrogen (secondary N) is 1. The van der Waals surface area contributed by atoms with Crippen molar-refractivity contribution in [1.82, 2.24) is 20.1 Å². The van der Waals surface area contributed by atoms with Gasteiger partial charge in [0.15, 0.2) is 0 Å². The topological polar surface area (TPSA) is 61.9 Å². The first-order valence-electron chi connectivity index (χ1n) is 6.78. The number of nitrogens with zero attached hydrogens (tertiary/aromatic N) is 3. The van der Waals surface area contributed by atoms with Crippen LogP contribution in [0.5, 0.6) is 0 Å². The molecule has 1 heterocycles. The number of amides is 1. The van der Waals surface area contributed by atoms with E-state index in [9.17, 15) is 4.79 Å². The van der Waals surface area contributed by atoms with Crippen molar-refractivity contribution < 1.29 is 4.79 Å². The zero-order valence-electron chi connectivity index (χ0n) is 11.4. The lowest BCUT2D eigenvalue weighted by molar-refractivity contribution is 0.0643. The predicted octanol–water partition coefficient (Wildman–Crippen LogP) is 2.15. The summed E-state index contributed by atoms with van der Waals surface area (Å²) in [6.07, 6.45) is 4.67. The molecule has 5 heteroatoms. The van der Waals surface area contributed by atoms with E-state index < -0.39 is 0 Å². The number of aromatic amines is 1. The summed E-state index contributed by atoms with van der Waals surface area (Å²) in [5.74, 6) is 1.43. The van der Waals surface area contributed by atoms with Crippen LogP contribution in [0.1, 0.15) is 56.0 Å². The first kappa shape index (κ1) is 13.1. The van der Waals surface area contributed by atoms with E-state index in [-0.39, 0.29) is 5.91 Å². The van der Waals surface area contributed by atoms with Crippen molar-refractivity contribution in [3.8, 4) is 0 Å². The number of hydrogen-bond donors (Lipinski definition) is 1. The van der Waals surface area contributed by atoms with Crippen LogP contribution in [0.15, 0.2) is 0 Å². The molecule has 1 aliphatic carbocycles. The van der Waals surface area contributed by atoms with Crippen molar-refractivity contribution in [2.75, 3.05) is 6.54 Å². The van der Waals surface area contributed by atoms with Gasteiger partial charge in [0.1, 0.15) is 5.82 Å². The van der Waals surface area contributed by atoms with E-state index in [0.29, 0.717) is 23.6 Å². The molecule has 0 aromatic carbocycles. The average Bonchev–Trinajstić information content (AvgIpc) is 2.95. The molecule has 0 spiro atoms. The van der Waals surface area contributed by atoms with E-state index >= 15 is 0 Å². The van der Waals surface area contributed by atoms with Crippen LogP contribution < -0.4 is 0 Å². The Hall–Kier alpha value is -1.39. The van der Waals surface area contributed by atoms with E-state index in [1.165, 1.54) is 12.8 Å². The second kappa shape index (κ2) is 5.50. The summed E-state index contributed by atoms with van der Waals surface area (Å²) in [5.41, 5.74) is 0. The third kappa shape index (κ3) is 2.89. The summed E-state index contributed by atoms with van der Waals surface area (Å²) in [5, 5.41) is 6.73. The molecule has 1 fully saturated rings. The molecule has 0 atom stereocenters. The van der Waals surface area contributed by atoms with Crippen molar-refractivity contribution in [2.45, 2.75) is 52.5 Å². The van der Waals surface area contributed by atoms with Crippen LogP contribution in [0.2, 0.25) is 0 Å². The Morgan fingerprint density at radius 3 is 2.61 bits per heavy atom. The number of hydrogen-bond acceptors (Lipinski definition) is 3. The summed E-state index contributed by atoms with van der Waals surface area (Å²) in [6, 6.07) is 0.374. The van der Waals surface area contributed by atoms with Gasteiger partial charge in [-0.3, -0.25) is 9.89 Å². The second-order valence-electron chi connectivity index (χ2n) is 5.53. The Morgan fingerprint density at radius 1 is 1.44 bits per heavy atom. The van der Waals surface area contributed by atoms with Gasteiger partial charge in [-0.2, -0.15) is 0 Å². The van der Waals surface area contributed by atoms with Gasteiger partial charge in [-0.05, 0) is 25.7 Å². The molecule has 0 saturated heterocycles. The Kier molecular flexibility index (Phi) is 3.99. The van der Waals surface area contributed by atoms with Crippen LogP contribution in [0.3, 0.4) is 0 Å². The Labute approximate surface area is 108 Å². The van der Waals surface area contributed by atoms with E-state index in [4.69, 9.17) is 0 Å². The van der Waals surface area contributed by atoms with Gasteiger partial charge >= 0.3 is 0 Å². The van der Waals surface area contributed by atoms with Gasteiger partial charge in [0.05, 0.1) is 0 Å². The SMILES string of the molecule is Cc1nc(C(=O)N(CC(C)C)C2CCCC2)n[nH]1. The van der Waals surface area contributed by atoms with Gasteiger partial charge < -0.3 is 4.90 Å². The molecule has 0 bridgehead atoms. The van der Waals surface area contributed by atoms with Crippen molar-refractivity contribution in [3.63, 3.8) is 0 Å². The summed E-state index contributed by atoms with van der Waals surface area (Å²) in [6.45, 7) is 6.88. The molecule has 1 aromatic rings. The van der Waals surface area contributed by atoms with E-state index in [1.807, 2.05) is 11.8 Å². The molecule has 2 rings (SSSR count). The quantitative estimate of drug-likeness (QED) is 0.890. The molecule has 0 unspecified atom stereocenters. The summed E-state index contributed by atoms with van der Waals surface area (Å²) in [7, 11) is 0. The fourth-order valence-electron chi connectivity index (χ4n) is 2.57. The van der Waals surface area contributed by atoms with Gasteiger partial charge in [0.2, 0.25) is 5.82 Å². The fraction of sp³-hybridized carbons (Fsp3) is 0.769. The summed E-state index contributed by atoms with van der Waals surface area (Å²) in [4.78, 5) is 18.6. The maximum Gasteiger partial charge on any atom is 0.293 e. The maximum atomic E-state index is 12.5. The highest BCUT2D eigenvalue weighted by Crippen LogP contribution is 2.25. The molecular weight excluding hydrogens is 228 g/mol. The smallest absolute Gasteiger partial charge is 0.293 e. The number of aromatic nitrogens is 3. The van der Waals surface area contributed by atoms with Crippen LogP contribution in [0, 0.1) is 12.8 Å². The van der Waals surface area contributed by atoms with Crippen LogP contribution in [-0.2, 0) is 0 Å². The highest BCUT2D eigenvalue weighted by molar-refractivity contribution is 5.90. The first-order valence-corrected chi connectivity index (χ1v) is 6.78. The van der Waals surface area contributed by atoms with E-state index in [0.717, 1.165) is 19.4 Å². The monoisotopic (exact) mass is 250 g/mol. The normalized spacial score (nSPS) is 16.4.